The van der Waals surface area contributed by atoms with Crippen molar-refractivity contribution in [2.75, 3.05) is 46.3 Å². The molecule has 2 N–H and O–H groups in total. The van der Waals surface area contributed by atoms with Crippen LogP contribution < -0.4 is 10.6 Å². The van der Waals surface area contributed by atoms with Crippen molar-refractivity contribution in [1.29, 1.82) is 0 Å². The highest BCUT2D eigenvalue weighted by atomic mass is 15.3. The lowest BCUT2D eigenvalue weighted by molar-refractivity contribution is 0.214. The van der Waals surface area contributed by atoms with Gasteiger partial charge in [0, 0.05) is 38.3 Å². The fraction of sp³-hybridized carbons (Fsp3) is 0.947. The maximum absolute atomic E-state index is 4.86. The van der Waals surface area contributed by atoms with Gasteiger partial charge in [0.05, 0.1) is 0 Å². The molecule has 0 aromatic carbocycles. The molecule has 2 heterocycles. The SMILES string of the molecule is CCNC(=NCCC1CCN(C)CC1)NC1CN(C(C)C)CC1C. The Balaban J connectivity index is 1.80. The number of rotatable bonds is 6. The summed E-state index contributed by atoms with van der Waals surface area (Å²) in [6.45, 7) is 15.7. The number of likely N-dealkylation sites (tertiary alicyclic amines) is 2. The normalized spacial score (nSPS) is 27.8. The third-order valence-corrected chi connectivity index (χ3v) is 5.68. The minimum absolute atomic E-state index is 0.508. The van der Waals surface area contributed by atoms with Crippen molar-refractivity contribution in [3.8, 4) is 0 Å². The number of aliphatic imine (C=N–C) groups is 1. The van der Waals surface area contributed by atoms with E-state index in [-0.39, 0.29) is 0 Å². The summed E-state index contributed by atoms with van der Waals surface area (Å²) in [4.78, 5) is 9.85. The van der Waals surface area contributed by atoms with Crippen molar-refractivity contribution in [1.82, 2.24) is 20.4 Å². The number of nitrogens with one attached hydrogen (secondary N) is 2. The summed E-state index contributed by atoms with van der Waals surface area (Å²) in [7, 11) is 2.23. The summed E-state index contributed by atoms with van der Waals surface area (Å²) in [5, 5.41) is 7.12. The third kappa shape index (κ3) is 5.92. The molecule has 5 heteroatoms. The first kappa shape index (κ1) is 19.5. The molecule has 2 unspecified atom stereocenters. The first-order chi connectivity index (χ1) is 11.5. The van der Waals surface area contributed by atoms with Crippen molar-refractivity contribution < 1.29 is 0 Å². The summed E-state index contributed by atoms with van der Waals surface area (Å²) in [6.07, 6.45) is 3.89. The quantitative estimate of drug-likeness (QED) is 0.575. The van der Waals surface area contributed by atoms with Crippen molar-refractivity contribution in [2.24, 2.45) is 16.8 Å². The zero-order chi connectivity index (χ0) is 17.5. The highest BCUT2D eigenvalue weighted by Crippen LogP contribution is 2.20. The molecule has 2 atom stereocenters. The van der Waals surface area contributed by atoms with Gasteiger partial charge in [0.1, 0.15) is 0 Å². The van der Waals surface area contributed by atoms with Gasteiger partial charge >= 0.3 is 0 Å². The van der Waals surface area contributed by atoms with Gasteiger partial charge in [-0.1, -0.05) is 6.92 Å². The van der Waals surface area contributed by atoms with Gasteiger partial charge in [-0.15, -0.1) is 0 Å². The van der Waals surface area contributed by atoms with E-state index in [2.05, 4.69) is 55.2 Å². The van der Waals surface area contributed by atoms with Crippen LogP contribution in [0.15, 0.2) is 4.99 Å². The molecule has 0 radical (unpaired) electrons. The Morgan fingerprint density at radius 1 is 1.21 bits per heavy atom. The Bertz CT molecular complexity index is 387. The zero-order valence-corrected chi connectivity index (χ0v) is 16.5. The van der Waals surface area contributed by atoms with Crippen LogP contribution in [0.5, 0.6) is 0 Å². The largest absolute Gasteiger partial charge is 0.357 e. The topological polar surface area (TPSA) is 42.9 Å². The van der Waals surface area contributed by atoms with Gasteiger partial charge in [-0.05, 0) is 72.0 Å². The van der Waals surface area contributed by atoms with Gasteiger partial charge in [0.2, 0.25) is 0 Å². The van der Waals surface area contributed by atoms with Crippen molar-refractivity contribution in [2.45, 2.75) is 59.0 Å². The average Bonchev–Trinajstić information content (AvgIpc) is 2.91. The Hall–Kier alpha value is -0.810. The lowest BCUT2D eigenvalue weighted by atomic mass is 9.94. The summed E-state index contributed by atoms with van der Waals surface area (Å²) in [5.41, 5.74) is 0. The molecule has 2 saturated heterocycles. The molecule has 0 aromatic rings. The van der Waals surface area contributed by atoms with E-state index in [1.807, 2.05) is 0 Å². The van der Waals surface area contributed by atoms with Crippen LogP contribution in [0.4, 0.5) is 0 Å². The molecule has 140 valence electrons. The maximum Gasteiger partial charge on any atom is 0.191 e. The first-order valence-electron chi connectivity index (χ1n) is 9.97. The zero-order valence-electron chi connectivity index (χ0n) is 16.5. The van der Waals surface area contributed by atoms with E-state index in [1.54, 1.807) is 0 Å². The van der Waals surface area contributed by atoms with Crippen molar-refractivity contribution in [3.63, 3.8) is 0 Å². The lowest BCUT2D eigenvalue weighted by Crippen LogP contribution is -2.47. The van der Waals surface area contributed by atoms with Crippen molar-refractivity contribution in [3.05, 3.63) is 0 Å². The molecular weight excluding hydrogens is 298 g/mol. The molecule has 0 spiro atoms. The second-order valence-corrected chi connectivity index (χ2v) is 8.07. The van der Waals surface area contributed by atoms with Crippen LogP contribution >= 0.6 is 0 Å². The third-order valence-electron chi connectivity index (χ3n) is 5.68. The number of piperidine rings is 1. The minimum Gasteiger partial charge on any atom is -0.357 e. The van der Waals surface area contributed by atoms with Crippen LogP contribution in [-0.2, 0) is 0 Å². The number of hydrogen-bond acceptors (Lipinski definition) is 3. The highest BCUT2D eigenvalue weighted by molar-refractivity contribution is 5.80. The Morgan fingerprint density at radius 2 is 1.92 bits per heavy atom. The molecule has 0 aliphatic carbocycles. The average molecular weight is 338 g/mol. The van der Waals surface area contributed by atoms with Crippen LogP contribution in [0.25, 0.3) is 0 Å². The highest BCUT2D eigenvalue weighted by Gasteiger charge is 2.31. The number of guanidine groups is 1. The van der Waals surface area contributed by atoms with E-state index in [9.17, 15) is 0 Å². The Labute approximate surface area is 149 Å². The molecule has 2 fully saturated rings. The molecule has 2 rings (SSSR count). The fourth-order valence-corrected chi connectivity index (χ4v) is 3.82. The predicted molar refractivity (Wildman–Crippen MR) is 104 cm³/mol. The fourth-order valence-electron chi connectivity index (χ4n) is 3.82. The van der Waals surface area contributed by atoms with Crippen LogP contribution in [0, 0.1) is 11.8 Å². The molecule has 2 aliphatic heterocycles. The molecule has 0 aromatic heterocycles. The summed E-state index contributed by atoms with van der Waals surface area (Å²) >= 11 is 0. The molecule has 0 saturated carbocycles. The van der Waals surface area contributed by atoms with Crippen LogP contribution in [0.1, 0.15) is 47.0 Å². The Morgan fingerprint density at radius 3 is 2.50 bits per heavy atom. The standard InChI is InChI=1S/C19H39N5/c1-6-20-19(21-10-7-17-8-11-23(5)12-9-17)22-18-14-24(15(2)3)13-16(18)4/h15-18H,6-14H2,1-5H3,(H2,20,21,22). The number of hydrogen-bond donors (Lipinski definition) is 2. The second kappa shape index (κ2) is 9.62. The predicted octanol–water partition coefficient (Wildman–Crippen LogP) is 2.00. The van der Waals surface area contributed by atoms with Gasteiger partial charge in [-0.25, -0.2) is 0 Å². The monoisotopic (exact) mass is 337 g/mol. The smallest absolute Gasteiger partial charge is 0.191 e. The molecule has 0 bridgehead atoms. The van der Waals surface area contributed by atoms with E-state index in [4.69, 9.17) is 4.99 Å². The first-order valence-corrected chi connectivity index (χ1v) is 9.97. The summed E-state index contributed by atoms with van der Waals surface area (Å²) in [5.74, 6) is 2.53. The summed E-state index contributed by atoms with van der Waals surface area (Å²) < 4.78 is 0. The molecular formula is C19H39N5. The lowest BCUT2D eigenvalue weighted by Gasteiger charge is -2.28. The van der Waals surface area contributed by atoms with Crippen LogP contribution in [0.2, 0.25) is 0 Å². The van der Waals surface area contributed by atoms with E-state index < -0.39 is 0 Å². The number of nitrogens with zero attached hydrogens (tertiary/aromatic N) is 3. The maximum atomic E-state index is 4.86. The van der Waals surface area contributed by atoms with Crippen LogP contribution in [-0.4, -0.2) is 74.2 Å². The van der Waals surface area contributed by atoms with Crippen LogP contribution in [0.3, 0.4) is 0 Å². The van der Waals surface area contributed by atoms with E-state index >= 15 is 0 Å². The van der Waals surface area contributed by atoms with Gasteiger partial charge in [-0.2, -0.15) is 0 Å². The van der Waals surface area contributed by atoms with E-state index in [0.29, 0.717) is 18.0 Å². The Kier molecular flexibility index (Phi) is 7.82. The van der Waals surface area contributed by atoms with Crippen molar-refractivity contribution >= 4 is 5.96 Å². The van der Waals surface area contributed by atoms with E-state index in [0.717, 1.165) is 31.5 Å². The van der Waals surface area contributed by atoms with Gasteiger partial charge < -0.3 is 15.5 Å². The van der Waals surface area contributed by atoms with Gasteiger partial charge in [0.25, 0.3) is 0 Å². The summed E-state index contributed by atoms with van der Waals surface area (Å²) in [6, 6.07) is 1.14. The molecule has 5 nitrogen and oxygen atoms in total. The second-order valence-electron chi connectivity index (χ2n) is 8.07. The van der Waals surface area contributed by atoms with Gasteiger partial charge in [0.15, 0.2) is 5.96 Å². The molecule has 24 heavy (non-hydrogen) atoms. The molecule has 2 aliphatic rings. The van der Waals surface area contributed by atoms with Gasteiger partial charge in [-0.3, -0.25) is 9.89 Å². The molecule has 0 amide bonds. The minimum atomic E-state index is 0.508. The van der Waals surface area contributed by atoms with E-state index in [1.165, 1.54) is 38.9 Å².